The number of carbonyl (C=O) groups is 1. The van der Waals surface area contributed by atoms with Gasteiger partial charge in [0.25, 0.3) is 0 Å². The van der Waals surface area contributed by atoms with E-state index in [1.165, 1.54) is 6.92 Å². The van der Waals surface area contributed by atoms with Gasteiger partial charge in [-0.3, -0.25) is 4.79 Å². The van der Waals surface area contributed by atoms with E-state index in [4.69, 9.17) is 21.1 Å². The predicted octanol–water partition coefficient (Wildman–Crippen LogP) is 5.21. The highest BCUT2D eigenvalue weighted by Crippen LogP contribution is 2.25. The zero-order valence-corrected chi connectivity index (χ0v) is 15.9. The van der Waals surface area contributed by atoms with Crippen LogP contribution in [-0.2, 0) is 22.6 Å². The van der Waals surface area contributed by atoms with Crippen LogP contribution in [0, 0.1) is 0 Å². The summed E-state index contributed by atoms with van der Waals surface area (Å²) in [4.78, 5) is 20.0. The van der Waals surface area contributed by atoms with Gasteiger partial charge in [0, 0.05) is 29.3 Å². The molecule has 6 heteroatoms. The molecule has 0 N–H and O–H groups in total. The zero-order valence-electron chi connectivity index (χ0n) is 15.1. The molecular formula is C21H19ClN2O3. The summed E-state index contributed by atoms with van der Waals surface area (Å²) in [6, 6.07) is 16.5. The topological polar surface area (TPSA) is 61.3 Å². The lowest BCUT2D eigenvalue weighted by Gasteiger charge is -2.10. The predicted molar refractivity (Wildman–Crippen MR) is 104 cm³/mol. The van der Waals surface area contributed by atoms with Crippen molar-refractivity contribution in [2.75, 3.05) is 0 Å². The van der Waals surface area contributed by atoms with E-state index >= 15 is 0 Å². The summed E-state index contributed by atoms with van der Waals surface area (Å²) in [5.41, 5.74) is 2.59. The summed E-state index contributed by atoms with van der Waals surface area (Å²) in [5, 5.41) is 0.629. The first-order chi connectivity index (χ1) is 13.0. The Hall–Kier alpha value is -2.92. The maximum Gasteiger partial charge on any atom is 0.302 e. The van der Waals surface area contributed by atoms with E-state index in [0.29, 0.717) is 22.5 Å². The molecule has 0 fully saturated rings. The van der Waals surface area contributed by atoms with Gasteiger partial charge >= 0.3 is 5.97 Å². The van der Waals surface area contributed by atoms with Gasteiger partial charge in [-0.05, 0) is 36.2 Å². The molecule has 0 aliphatic carbocycles. The van der Waals surface area contributed by atoms with Crippen LogP contribution in [0.2, 0.25) is 5.02 Å². The number of hydrogen-bond acceptors (Lipinski definition) is 5. The summed E-state index contributed by atoms with van der Waals surface area (Å²) in [5.74, 6) is 1.36. The fraction of sp³-hybridized carbons (Fsp3) is 0.190. The molecule has 0 bridgehead atoms. The Morgan fingerprint density at radius 3 is 2.52 bits per heavy atom. The van der Waals surface area contributed by atoms with Crippen molar-refractivity contribution >= 4 is 17.6 Å². The molecule has 0 saturated carbocycles. The van der Waals surface area contributed by atoms with Crippen LogP contribution in [0.4, 0.5) is 0 Å². The summed E-state index contributed by atoms with van der Waals surface area (Å²) in [6.45, 7) is 3.65. The second-order valence-corrected chi connectivity index (χ2v) is 6.35. The molecule has 0 atom stereocenters. The maximum atomic E-state index is 10.9. The Morgan fingerprint density at radius 1 is 1.07 bits per heavy atom. The molecule has 2 aromatic carbocycles. The van der Waals surface area contributed by atoms with Gasteiger partial charge in [-0.25, -0.2) is 4.98 Å². The van der Waals surface area contributed by atoms with E-state index in [1.807, 2.05) is 61.5 Å². The van der Waals surface area contributed by atoms with E-state index in [9.17, 15) is 4.79 Å². The van der Waals surface area contributed by atoms with E-state index in [2.05, 4.69) is 9.97 Å². The van der Waals surface area contributed by atoms with E-state index in [1.54, 1.807) is 0 Å². The van der Waals surface area contributed by atoms with Crippen LogP contribution in [0.15, 0.2) is 54.6 Å². The standard InChI is InChI=1S/C21H19ClN2O3/c1-3-18-12-20(24-21(23-18)16-5-4-6-17(22)11-16)27-19-9-7-15(8-10-19)13-26-14(2)25/h4-12H,3,13H2,1-2H3. The summed E-state index contributed by atoms with van der Waals surface area (Å²) in [6.07, 6.45) is 0.758. The van der Waals surface area contributed by atoms with Crippen LogP contribution >= 0.6 is 11.6 Å². The van der Waals surface area contributed by atoms with Crippen molar-refractivity contribution < 1.29 is 14.3 Å². The fourth-order valence-corrected chi connectivity index (χ4v) is 2.61. The third-order valence-electron chi connectivity index (χ3n) is 3.79. The number of carbonyl (C=O) groups excluding carboxylic acids is 1. The molecule has 0 amide bonds. The Kier molecular flexibility index (Phi) is 6.04. The van der Waals surface area contributed by atoms with Gasteiger partial charge in [-0.2, -0.15) is 4.98 Å². The Balaban J connectivity index is 1.82. The second-order valence-electron chi connectivity index (χ2n) is 5.91. The lowest BCUT2D eigenvalue weighted by atomic mass is 10.2. The van der Waals surface area contributed by atoms with E-state index in [0.717, 1.165) is 23.2 Å². The maximum absolute atomic E-state index is 10.9. The Bertz CT molecular complexity index is 942. The summed E-state index contributed by atoms with van der Waals surface area (Å²) >= 11 is 6.08. The molecule has 27 heavy (non-hydrogen) atoms. The molecule has 138 valence electrons. The van der Waals surface area contributed by atoms with Crippen molar-refractivity contribution in [3.63, 3.8) is 0 Å². The summed E-state index contributed by atoms with van der Waals surface area (Å²) in [7, 11) is 0. The van der Waals surface area contributed by atoms with Gasteiger partial charge < -0.3 is 9.47 Å². The highest BCUT2D eigenvalue weighted by molar-refractivity contribution is 6.30. The minimum Gasteiger partial charge on any atom is -0.461 e. The molecule has 1 heterocycles. The molecular weight excluding hydrogens is 364 g/mol. The number of aryl methyl sites for hydroxylation is 1. The zero-order chi connectivity index (χ0) is 19.2. The highest BCUT2D eigenvalue weighted by Gasteiger charge is 2.09. The molecule has 3 aromatic rings. The number of aromatic nitrogens is 2. The number of benzene rings is 2. The van der Waals surface area contributed by atoms with Crippen molar-refractivity contribution in [3.8, 4) is 23.0 Å². The number of hydrogen-bond donors (Lipinski definition) is 0. The van der Waals surface area contributed by atoms with Gasteiger partial charge in [-0.1, -0.05) is 42.8 Å². The van der Waals surface area contributed by atoms with E-state index in [-0.39, 0.29) is 12.6 Å². The summed E-state index contributed by atoms with van der Waals surface area (Å²) < 4.78 is 10.9. The molecule has 0 spiro atoms. The van der Waals surface area contributed by atoms with Crippen LogP contribution in [0.1, 0.15) is 25.1 Å². The molecule has 1 aromatic heterocycles. The average molecular weight is 383 g/mol. The molecule has 0 unspecified atom stereocenters. The van der Waals surface area contributed by atoms with Crippen molar-refractivity contribution in [1.82, 2.24) is 9.97 Å². The fourth-order valence-electron chi connectivity index (χ4n) is 2.42. The largest absolute Gasteiger partial charge is 0.461 e. The molecule has 0 radical (unpaired) electrons. The van der Waals surface area contributed by atoms with Gasteiger partial charge in [0.2, 0.25) is 5.88 Å². The van der Waals surface area contributed by atoms with Crippen LogP contribution < -0.4 is 4.74 Å². The van der Waals surface area contributed by atoms with Crippen molar-refractivity contribution in [2.24, 2.45) is 0 Å². The molecule has 3 rings (SSSR count). The lowest BCUT2D eigenvalue weighted by Crippen LogP contribution is -1.99. The quantitative estimate of drug-likeness (QED) is 0.547. The SMILES string of the molecule is CCc1cc(Oc2ccc(COC(C)=O)cc2)nc(-c2cccc(Cl)c2)n1. The Morgan fingerprint density at radius 2 is 1.85 bits per heavy atom. The van der Waals surface area contributed by atoms with Crippen LogP contribution in [0.5, 0.6) is 11.6 Å². The third-order valence-corrected chi connectivity index (χ3v) is 4.02. The monoisotopic (exact) mass is 382 g/mol. The highest BCUT2D eigenvalue weighted by atomic mass is 35.5. The van der Waals surface area contributed by atoms with Gasteiger partial charge in [0.05, 0.1) is 0 Å². The van der Waals surface area contributed by atoms with Crippen LogP contribution in [0.3, 0.4) is 0 Å². The molecule has 0 aliphatic heterocycles. The van der Waals surface area contributed by atoms with Crippen molar-refractivity contribution in [2.45, 2.75) is 26.9 Å². The smallest absolute Gasteiger partial charge is 0.302 e. The minimum absolute atomic E-state index is 0.238. The van der Waals surface area contributed by atoms with Crippen molar-refractivity contribution in [3.05, 3.63) is 70.9 Å². The first-order valence-electron chi connectivity index (χ1n) is 8.57. The molecule has 0 saturated heterocycles. The second kappa shape index (κ2) is 8.64. The van der Waals surface area contributed by atoms with Gasteiger partial charge in [0.15, 0.2) is 5.82 Å². The van der Waals surface area contributed by atoms with Crippen LogP contribution in [-0.4, -0.2) is 15.9 Å². The lowest BCUT2D eigenvalue weighted by molar-refractivity contribution is -0.142. The van der Waals surface area contributed by atoms with E-state index < -0.39 is 0 Å². The first kappa shape index (κ1) is 18.9. The van der Waals surface area contributed by atoms with Gasteiger partial charge in [0.1, 0.15) is 12.4 Å². The third kappa shape index (κ3) is 5.28. The van der Waals surface area contributed by atoms with Crippen LogP contribution in [0.25, 0.3) is 11.4 Å². The minimum atomic E-state index is -0.308. The number of nitrogens with zero attached hydrogens (tertiary/aromatic N) is 2. The number of esters is 1. The molecule has 5 nitrogen and oxygen atoms in total. The normalized spacial score (nSPS) is 10.5. The number of halogens is 1. The van der Waals surface area contributed by atoms with Crippen molar-refractivity contribution in [1.29, 1.82) is 0 Å². The average Bonchev–Trinajstić information content (AvgIpc) is 2.67. The molecule has 0 aliphatic rings. The number of rotatable bonds is 6. The first-order valence-corrected chi connectivity index (χ1v) is 8.95. The number of ether oxygens (including phenoxy) is 2. The Labute approximate surface area is 163 Å². The van der Waals surface area contributed by atoms with Gasteiger partial charge in [-0.15, -0.1) is 0 Å².